The van der Waals surface area contributed by atoms with Crippen LogP contribution in [0.2, 0.25) is 0 Å². The van der Waals surface area contributed by atoms with Crippen LogP contribution in [0.25, 0.3) is 0 Å². The van der Waals surface area contributed by atoms with Gasteiger partial charge in [-0.15, -0.1) is 0 Å². The Morgan fingerprint density at radius 1 is 1.16 bits per heavy atom. The second-order valence-corrected chi connectivity index (χ2v) is 5.66. The number of nitro groups is 1. The smallest absolute Gasteiger partial charge is 0.308 e. The quantitative estimate of drug-likeness (QED) is 0.496. The molecule has 0 saturated heterocycles. The normalized spacial score (nSPS) is 13.3. The molecule has 8 nitrogen and oxygen atoms in total. The minimum absolute atomic E-state index is 0.0402. The Labute approximate surface area is 148 Å². The number of urea groups is 1. The zero-order chi connectivity index (χ0) is 17.8. The molecule has 0 fully saturated rings. The number of amides is 2. The van der Waals surface area contributed by atoms with Crippen LogP contribution in [0.3, 0.4) is 0 Å². The Hall–Kier alpha value is -3.13. The van der Waals surface area contributed by atoms with Gasteiger partial charge in [0.05, 0.1) is 18.0 Å². The molecule has 0 atom stereocenters. The number of carbonyl (C=O) groups is 1. The molecule has 2 N–H and O–H groups in total. The number of hydrogen-bond acceptors (Lipinski definition) is 5. The summed E-state index contributed by atoms with van der Waals surface area (Å²) in [6.45, 7) is 1.28. The lowest BCUT2D eigenvalue weighted by Gasteiger charge is -2.12. The number of carbonyl (C=O) groups excluding carboxylic acids is 1. The van der Waals surface area contributed by atoms with Gasteiger partial charge < -0.3 is 10.6 Å². The molecule has 0 bridgehead atoms. The SMILES string of the molecule is O=C(Nc1ccc([N+](=O)[O-])cc1)Nc1cccc(C2=NCCN2Cl)c1. The van der Waals surface area contributed by atoms with Crippen LogP contribution in [0.15, 0.2) is 53.5 Å². The van der Waals surface area contributed by atoms with Crippen molar-refractivity contribution in [2.75, 3.05) is 23.7 Å². The van der Waals surface area contributed by atoms with Gasteiger partial charge in [-0.25, -0.2) is 4.79 Å². The highest BCUT2D eigenvalue weighted by atomic mass is 35.5. The van der Waals surface area contributed by atoms with Crippen molar-refractivity contribution in [1.29, 1.82) is 0 Å². The van der Waals surface area contributed by atoms with Crippen LogP contribution in [0, 0.1) is 10.1 Å². The Balaban J connectivity index is 1.66. The monoisotopic (exact) mass is 359 g/mol. The second-order valence-electron chi connectivity index (χ2n) is 5.25. The summed E-state index contributed by atoms with van der Waals surface area (Å²) in [6, 6.07) is 12.3. The van der Waals surface area contributed by atoms with Crippen molar-refractivity contribution in [2.45, 2.75) is 0 Å². The first kappa shape index (κ1) is 16.7. The Bertz CT molecular complexity index is 838. The topological polar surface area (TPSA) is 99.9 Å². The summed E-state index contributed by atoms with van der Waals surface area (Å²) in [5.74, 6) is 0.668. The lowest BCUT2D eigenvalue weighted by Crippen LogP contribution is -2.20. The third-order valence-electron chi connectivity index (χ3n) is 3.50. The van der Waals surface area contributed by atoms with E-state index in [4.69, 9.17) is 11.8 Å². The molecule has 2 aromatic carbocycles. The molecular weight excluding hydrogens is 346 g/mol. The summed E-state index contributed by atoms with van der Waals surface area (Å²) in [5, 5.41) is 15.9. The molecule has 1 aliphatic heterocycles. The molecule has 0 saturated carbocycles. The average Bonchev–Trinajstić information content (AvgIpc) is 3.01. The lowest BCUT2D eigenvalue weighted by molar-refractivity contribution is -0.384. The van der Waals surface area contributed by atoms with Crippen LogP contribution in [0.1, 0.15) is 5.56 Å². The number of anilines is 2. The van der Waals surface area contributed by atoms with E-state index in [0.29, 0.717) is 30.3 Å². The van der Waals surface area contributed by atoms with E-state index in [2.05, 4.69) is 15.6 Å². The van der Waals surface area contributed by atoms with Gasteiger partial charge in [0.25, 0.3) is 5.69 Å². The van der Waals surface area contributed by atoms with Crippen LogP contribution < -0.4 is 10.6 Å². The largest absolute Gasteiger partial charge is 0.323 e. The fraction of sp³-hybridized carbons (Fsp3) is 0.125. The molecule has 25 heavy (non-hydrogen) atoms. The van der Waals surface area contributed by atoms with Gasteiger partial charge in [-0.05, 0) is 24.3 Å². The van der Waals surface area contributed by atoms with E-state index >= 15 is 0 Å². The van der Waals surface area contributed by atoms with Gasteiger partial charge in [-0.2, -0.15) is 0 Å². The van der Waals surface area contributed by atoms with Crippen molar-refractivity contribution >= 4 is 40.7 Å². The summed E-state index contributed by atoms with van der Waals surface area (Å²) in [6.07, 6.45) is 0. The lowest BCUT2D eigenvalue weighted by atomic mass is 10.2. The third-order valence-corrected chi connectivity index (χ3v) is 3.83. The van der Waals surface area contributed by atoms with E-state index < -0.39 is 11.0 Å². The molecule has 0 radical (unpaired) electrons. The number of rotatable bonds is 4. The van der Waals surface area contributed by atoms with Crippen molar-refractivity contribution in [2.24, 2.45) is 4.99 Å². The molecule has 9 heteroatoms. The highest BCUT2D eigenvalue weighted by molar-refractivity contribution is 6.26. The van der Waals surface area contributed by atoms with Gasteiger partial charge in [0.1, 0.15) is 5.84 Å². The van der Waals surface area contributed by atoms with E-state index in [9.17, 15) is 14.9 Å². The first-order valence-electron chi connectivity index (χ1n) is 7.43. The standard InChI is InChI=1S/C16H14ClN5O3/c17-21-9-8-18-15(21)11-2-1-3-13(10-11)20-16(23)19-12-4-6-14(7-5-12)22(24)25/h1-7,10H,8-9H2,(H2,19,20,23). The summed E-state index contributed by atoms with van der Waals surface area (Å²) in [4.78, 5) is 26.5. The molecule has 1 heterocycles. The highest BCUT2D eigenvalue weighted by Crippen LogP contribution is 2.19. The zero-order valence-corrected chi connectivity index (χ0v) is 13.7. The van der Waals surface area contributed by atoms with Crippen molar-refractivity contribution in [1.82, 2.24) is 4.42 Å². The van der Waals surface area contributed by atoms with Gasteiger partial charge in [-0.3, -0.25) is 19.5 Å². The minimum Gasteiger partial charge on any atom is -0.308 e. The van der Waals surface area contributed by atoms with Gasteiger partial charge in [0, 0.05) is 40.8 Å². The van der Waals surface area contributed by atoms with E-state index in [0.717, 1.165) is 5.56 Å². The maximum Gasteiger partial charge on any atom is 0.323 e. The first-order chi connectivity index (χ1) is 12.0. The van der Waals surface area contributed by atoms with Crippen molar-refractivity contribution in [3.63, 3.8) is 0 Å². The summed E-state index contributed by atoms with van der Waals surface area (Å²) < 4.78 is 1.54. The first-order valence-corrected chi connectivity index (χ1v) is 7.77. The van der Waals surface area contributed by atoms with Crippen molar-refractivity contribution in [3.05, 3.63) is 64.2 Å². The molecule has 128 valence electrons. The molecule has 0 unspecified atom stereocenters. The molecule has 3 rings (SSSR count). The number of nitro benzene ring substituents is 1. The predicted octanol–water partition coefficient (Wildman–Crippen LogP) is 3.45. The number of halogens is 1. The summed E-state index contributed by atoms with van der Waals surface area (Å²) in [7, 11) is 0. The average molecular weight is 360 g/mol. The van der Waals surface area contributed by atoms with E-state index in [1.54, 1.807) is 18.2 Å². The predicted molar refractivity (Wildman–Crippen MR) is 96.1 cm³/mol. The summed E-state index contributed by atoms with van der Waals surface area (Å²) >= 11 is 6.07. The molecule has 0 spiro atoms. The molecule has 0 aliphatic carbocycles. The number of hydrogen-bond donors (Lipinski definition) is 2. The molecule has 0 aromatic heterocycles. The van der Waals surface area contributed by atoms with Crippen LogP contribution in [-0.2, 0) is 0 Å². The van der Waals surface area contributed by atoms with Crippen LogP contribution in [0.4, 0.5) is 21.9 Å². The van der Waals surface area contributed by atoms with Gasteiger partial charge in [-0.1, -0.05) is 12.1 Å². The Morgan fingerprint density at radius 3 is 2.52 bits per heavy atom. The highest BCUT2D eigenvalue weighted by Gasteiger charge is 2.17. The molecular formula is C16H14ClN5O3. The third kappa shape index (κ3) is 4.04. The van der Waals surface area contributed by atoms with E-state index in [1.165, 1.54) is 28.7 Å². The summed E-state index contributed by atoms with van der Waals surface area (Å²) in [5.41, 5.74) is 1.80. The van der Waals surface area contributed by atoms with Gasteiger partial charge in [0.15, 0.2) is 0 Å². The number of aliphatic imine (C=N–C) groups is 1. The molecule has 1 aliphatic rings. The number of non-ortho nitro benzene ring substituents is 1. The number of amidine groups is 1. The van der Waals surface area contributed by atoms with Crippen molar-refractivity contribution < 1.29 is 9.72 Å². The Morgan fingerprint density at radius 2 is 1.88 bits per heavy atom. The fourth-order valence-corrected chi connectivity index (χ4v) is 2.58. The number of nitrogens with one attached hydrogen (secondary N) is 2. The van der Waals surface area contributed by atoms with Gasteiger partial charge >= 0.3 is 6.03 Å². The molecule has 2 aromatic rings. The second kappa shape index (κ2) is 7.18. The van der Waals surface area contributed by atoms with Crippen LogP contribution in [0.5, 0.6) is 0 Å². The minimum atomic E-state index is -0.499. The van der Waals surface area contributed by atoms with E-state index in [-0.39, 0.29) is 5.69 Å². The van der Waals surface area contributed by atoms with Crippen LogP contribution in [-0.4, -0.2) is 34.3 Å². The van der Waals surface area contributed by atoms with Crippen molar-refractivity contribution in [3.8, 4) is 0 Å². The van der Waals surface area contributed by atoms with Gasteiger partial charge in [0.2, 0.25) is 0 Å². The van der Waals surface area contributed by atoms with E-state index in [1.807, 2.05) is 6.07 Å². The van der Waals surface area contributed by atoms with Crippen LogP contribution >= 0.6 is 11.8 Å². The maximum atomic E-state index is 12.1. The Kier molecular flexibility index (Phi) is 4.80. The molecule has 2 amide bonds. The number of benzene rings is 2. The zero-order valence-electron chi connectivity index (χ0n) is 13.0. The fourth-order valence-electron chi connectivity index (χ4n) is 2.35. The maximum absolute atomic E-state index is 12.1. The number of nitrogens with zero attached hydrogens (tertiary/aromatic N) is 3.